The van der Waals surface area contributed by atoms with Gasteiger partial charge in [-0.05, 0) is 12.5 Å². The summed E-state index contributed by atoms with van der Waals surface area (Å²) < 4.78 is 37.0. The molecule has 1 rings (SSSR count). The highest BCUT2D eigenvalue weighted by Gasteiger charge is 2.16. The quantitative estimate of drug-likeness (QED) is 0.135. The largest absolute Gasteiger partial charge is 0.382 e. The molecule has 3 N–H and O–H groups in total. The molecule has 0 heterocycles. The molecule has 0 radical (unpaired) electrons. The Morgan fingerprint density at radius 1 is 1.18 bits per heavy atom. The van der Waals surface area contributed by atoms with Crippen molar-refractivity contribution in [3.05, 3.63) is 34.4 Å². The molecule has 0 fully saturated rings. The number of rotatable bonds is 13. The number of hydrogen-bond donors (Lipinski definition) is 3. The SMILES string of the molecule is CN=C(NCCCOCCOC)NCCNS(=O)(=O)c1cccc([N+](=O)[O-])c1. The predicted octanol–water partition coefficient (Wildman–Crippen LogP) is 0.0912. The van der Waals surface area contributed by atoms with Crippen molar-refractivity contribution in [2.24, 2.45) is 4.99 Å². The maximum Gasteiger partial charge on any atom is 0.270 e. The van der Waals surface area contributed by atoms with Gasteiger partial charge in [0, 0.05) is 52.5 Å². The van der Waals surface area contributed by atoms with Gasteiger partial charge in [-0.2, -0.15) is 0 Å². The Morgan fingerprint density at radius 3 is 2.61 bits per heavy atom. The van der Waals surface area contributed by atoms with Crippen molar-refractivity contribution in [3.8, 4) is 0 Å². The number of nitrogens with one attached hydrogen (secondary N) is 3. The summed E-state index contributed by atoms with van der Waals surface area (Å²) in [6.45, 7) is 2.73. The number of nitrogens with zero attached hydrogens (tertiary/aromatic N) is 2. The van der Waals surface area contributed by atoms with Gasteiger partial charge < -0.3 is 20.1 Å². The highest BCUT2D eigenvalue weighted by Crippen LogP contribution is 2.16. The predicted molar refractivity (Wildman–Crippen MR) is 105 cm³/mol. The van der Waals surface area contributed by atoms with Crippen LogP contribution in [0.15, 0.2) is 34.2 Å². The summed E-state index contributed by atoms with van der Waals surface area (Å²) in [4.78, 5) is 14.0. The third kappa shape index (κ3) is 9.08. The molecule has 12 heteroatoms. The van der Waals surface area contributed by atoms with E-state index in [1.165, 1.54) is 18.2 Å². The Labute approximate surface area is 164 Å². The van der Waals surface area contributed by atoms with Gasteiger partial charge in [-0.3, -0.25) is 15.1 Å². The number of methoxy groups -OCH3 is 1. The Balaban J connectivity index is 2.32. The van der Waals surface area contributed by atoms with E-state index in [9.17, 15) is 18.5 Å². The van der Waals surface area contributed by atoms with E-state index in [1.54, 1.807) is 14.2 Å². The number of benzene rings is 1. The minimum absolute atomic E-state index is 0.0891. The van der Waals surface area contributed by atoms with E-state index < -0.39 is 14.9 Å². The average Bonchev–Trinajstić information content (AvgIpc) is 2.68. The standard InChI is InChI=1S/C16H27N5O6S/c1-17-16(18-7-4-10-27-12-11-26-2)19-8-9-20-28(24,25)15-6-3-5-14(13-15)21(22)23/h3,5-6,13,20H,4,7-12H2,1-2H3,(H2,17,18,19). The molecule has 158 valence electrons. The normalized spacial score (nSPS) is 12.0. The third-order valence-corrected chi connectivity index (χ3v) is 4.92. The Morgan fingerprint density at radius 2 is 1.93 bits per heavy atom. The van der Waals surface area contributed by atoms with Gasteiger partial charge in [-0.1, -0.05) is 6.07 Å². The molecule has 0 unspecified atom stereocenters. The molecule has 0 amide bonds. The van der Waals surface area contributed by atoms with Crippen LogP contribution in [0.4, 0.5) is 5.69 Å². The maximum absolute atomic E-state index is 12.2. The van der Waals surface area contributed by atoms with Gasteiger partial charge in [0.2, 0.25) is 10.0 Å². The number of non-ortho nitro benzene ring substituents is 1. The summed E-state index contributed by atoms with van der Waals surface area (Å²) >= 11 is 0. The fourth-order valence-electron chi connectivity index (χ4n) is 2.06. The van der Waals surface area contributed by atoms with Gasteiger partial charge in [0.25, 0.3) is 5.69 Å². The van der Waals surface area contributed by atoms with E-state index in [0.29, 0.717) is 32.3 Å². The van der Waals surface area contributed by atoms with E-state index in [2.05, 4.69) is 20.3 Å². The van der Waals surface area contributed by atoms with Crippen LogP contribution in [0.1, 0.15) is 6.42 Å². The second-order valence-electron chi connectivity index (χ2n) is 5.54. The van der Waals surface area contributed by atoms with Gasteiger partial charge in [0.15, 0.2) is 5.96 Å². The lowest BCUT2D eigenvalue weighted by Gasteiger charge is -2.12. The molecule has 0 aliphatic heterocycles. The van der Waals surface area contributed by atoms with Crippen LogP contribution < -0.4 is 15.4 Å². The van der Waals surface area contributed by atoms with Crippen molar-refractivity contribution < 1.29 is 22.8 Å². The highest BCUT2D eigenvalue weighted by atomic mass is 32.2. The van der Waals surface area contributed by atoms with Crippen LogP contribution in [0.5, 0.6) is 0 Å². The molecule has 28 heavy (non-hydrogen) atoms. The molecule has 0 aliphatic carbocycles. The molecule has 1 aromatic carbocycles. The van der Waals surface area contributed by atoms with Gasteiger partial charge in [0.05, 0.1) is 23.0 Å². The first-order valence-corrected chi connectivity index (χ1v) is 10.1. The van der Waals surface area contributed by atoms with Gasteiger partial charge in [-0.15, -0.1) is 0 Å². The van der Waals surface area contributed by atoms with Crippen molar-refractivity contribution in [3.63, 3.8) is 0 Å². The summed E-state index contributed by atoms with van der Waals surface area (Å²) in [6, 6.07) is 4.89. The van der Waals surface area contributed by atoms with Crippen LogP contribution in [0.25, 0.3) is 0 Å². The number of sulfonamides is 1. The summed E-state index contributed by atoms with van der Waals surface area (Å²) in [5.74, 6) is 0.534. The number of nitro benzene ring substituents is 1. The molecule has 0 bridgehead atoms. The van der Waals surface area contributed by atoms with Crippen LogP contribution in [-0.4, -0.2) is 72.9 Å². The Bertz CT molecular complexity index is 741. The Kier molecular flexibility index (Phi) is 11.0. The van der Waals surface area contributed by atoms with Crippen molar-refractivity contribution in [2.45, 2.75) is 11.3 Å². The van der Waals surface area contributed by atoms with E-state index in [-0.39, 0.29) is 23.7 Å². The molecule has 0 atom stereocenters. The molecule has 0 aromatic heterocycles. The molecule has 0 spiro atoms. The first-order chi connectivity index (χ1) is 13.4. The molecule has 1 aromatic rings. The van der Waals surface area contributed by atoms with Crippen LogP contribution in [0.3, 0.4) is 0 Å². The van der Waals surface area contributed by atoms with Crippen LogP contribution >= 0.6 is 0 Å². The van der Waals surface area contributed by atoms with E-state index in [1.807, 2.05) is 0 Å². The summed E-state index contributed by atoms with van der Waals surface area (Å²) in [7, 11) is -0.610. The van der Waals surface area contributed by atoms with Crippen LogP contribution in [0.2, 0.25) is 0 Å². The smallest absolute Gasteiger partial charge is 0.270 e. The Hall–Kier alpha value is -2.28. The first-order valence-electron chi connectivity index (χ1n) is 8.66. The molecular weight excluding hydrogens is 390 g/mol. The van der Waals surface area contributed by atoms with Crippen LogP contribution in [-0.2, 0) is 19.5 Å². The summed E-state index contributed by atoms with van der Waals surface area (Å²) in [5.41, 5.74) is -0.281. The molecule has 0 aliphatic rings. The van der Waals surface area contributed by atoms with Crippen molar-refractivity contribution in [1.82, 2.24) is 15.4 Å². The fourth-order valence-corrected chi connectivity index (χ4v) is 3.13. The zero-order valence-electron chi connectivity index (χ0n) is 16.0. The van der Waals surface area contributed by atoms with Gasteiger partial charge >= 0.3 is 0 Å². The number of hydrogen-bond acceptors (Lipinski definition) is 7. The minimum atomic E-state index is -3.83. The number of aliphatic imine (C=N–C) groups is 1. The second kappa shape index (κ2) is 13.0. The number of nitro groups is 1. The first kappa shape index (κ1) is 23.8. The monoisotopic (exact) mass is 417 g/mol. The van der Waals surface area contributed by atoms with Gasteiger partial charge in [-0.25, -0.2) is 13.1 Å². The maximum atomic E-state index is 12.2. The van der Waals surface area contributed by atoms with Crippen molar-refractivity contribution in [2.75, 3.05) is 53.6 Å². The molecule has 11 nitrogen and oxygen atoms in total. The lowest BCUT2D eigenvalue weighted by Crippen LogP contribution is -2.42. The van der Waals surface area contributed by atoms with Gasteiger partial charge in [0.1, 0.15) is 0 Å². The van der Waals surface area contributed by atoms with E-state index >= 15 is 0 Å². The zero-order chi connectivity index (χ0) is 20.8. The fraction of sp³-hybridized carbons (Fsp3) is 0.562. The topological polar surface area (TPSA) is 144 Å². The number of ether oxygens (including phenoxy) is 2. The van der Waals surface area contributed by atoms with E-state index in [4.69, 9.17) is 9.47 Å². The highest BCUT2D eigenvalue weighted by molar-refractivity contribution is 7.89. The second-order valence-corrected chi connectivity index (χ2v) is 7.30. The third-order valence-electron chi connectivity index (χ3n) is 3.46. The zero-order valence-corrected chi connectivity index (χ0v) is 16.8. The van der Waals surface area contributed by atoms with Crippen LogP contribution in [0, 0.1) is 10.1 Å². The number of guanidine groups is 1. The lowest BCUT2D eigenvalue weighted by atomic mass is 10.3. The van der Waals surface area contributed by atoms with Crippen molar-refractivity contribution in [1.29, 1.82) is 0 Å². The molecule has 0 saturated heterocycles. The summed E-state index contributed by atoms with van der Waals surface area (Å²) in [5, 5.41) is 16.8. The van der Waals surface area contributed by atoms with E-state index in [0.717, 1.165) is 12.5 Å². The lowest BCUT2D eigenvalue weighted by molar-refractivity contribution is -0.385. The molecular formula is C16H27N5O6S. The summed E-state index contributed by atoms with van der Waals surface area (Å²) in [6.07, 6.45) is 0.782. The average molecular weight is 417 g/mol. The minimum Gasteiger partial charge on any atom is -0.382 e. The molecule has 0 saturated carbocycles. The van der Waals surface area contributed by atoms with Crippen molar-refractivity contribution >= 4 is 21.7 Å².